The molecule has 3 fully saturated rings. The van der Waals surface area contributed by atoms with E-state index < -0.39 is 5.54 Å². The molecule has 4 aliphatic rings. The van der Waals surface area contributed by atoms with Crippen LogP contribution in [0.4, 0.5) is 5.95 Å². The molecule has 0 bridgehead atoms. The third-order valence-electron chi connectivity index (χ3n) is 15.3. The van der Waals surface area contributed by atoms with Crippen LogP contribution in [-0.2, 0) is 4.74 Å². The van der Waals surface area contributed by atoms with E-state index in [9.17, 15) is 5.11 Å². The van der Waals surface area contributed by atoms with Crippen molar-refractivity contribution < 1.29 is 9.84 Å². The summed E-state index contributed by atoms with van der Waals surface area (Å²) in [5, 5.41) is 24.8. The predicted molar refractivity (Wildman–Crippen MR) is 191 cm³/mol. The van der Waals surface area contributed by atoms with Crippen LogP contribution in [0.3, 0.4) is 0 Å². The molecule has 0 radical (unpaired) electrons. The Balaban J connectivity index is 1.69. The number of hydrogen-bond donors (Lipinski definition) is 3. The number of anilines is 1. The number of nitrogens with zero attached hydrogens (tertiary/aromatic N) is 4. The van der Waals surface area contributed by atoms with Crippen LogP contribution < -0.4 is 11.5 Å². The lowest BCUT2D eigenvalue weighted by atomic mass is 9.33. The summed E-state index contributed by atoms with van der Waals surface area (Å²) >= 11 is 0. The number of nitrogen functional groups attached to an aromatic ring is 1. The first kappa shape index (κ1) is 36.1. The third kappa shape index (κ3) is 5.00. The van der Waals surface area contributed by atoms with E-state index in [4.69, 9.17) is 16.2 Å². The van der Waals surface area contributed by atoms with E-state index in [1.54, 1.807) is 10.4 Å². The van der Waals surface area contributed by atoms with Gasteiger partial charge in [0.05, 0.1) is 18.5 Å². The molecular formula is C39H66N6O2. The lowest BCUT2D eigenvalue weighted by Gasteiger charge is -2.71. The first-order chi connectivity index (χ1) is 21.7. The van der Waals surface area contributed by atoms with Gasteiger partial charge in [0.15, 0.2) is 0 Å². The molecule has 47 heavy (non-hydrogen) atoms. The van der Waals surface area contributed by atoms with Crippen LogP contribution in [0.1, 0.15) is 121 Å². The Bertz CT molecular complexity index is 1400. The van der Waals surface area contributed by atoms with E-state index in [-0.39, 0.29) is 57.0 Å². The molecule has 1 aromatic rings. The number of rotatable bonds is 9. The number of fused-ring (bicyclic) bond motifs is 5. The highest BCUT2D eigenvalue weighted by Crippen LogP contribution is 2.76. The van der Waals surface area contributed by atoms with Crippen LogP contribution in [0.2, 0.25) is 0 Å². The molecule has 0 saturated heterocycles. The molecule has 5 rings (SSSR count). The van der Waals surface area contributed by atoms with Crippen LogP contribution >= 0.6 is 0 Å². The molecule has 1 unspecified atom stereocenters. The van der Waals surface area contributed by atoms with Gasteiger partial charge in [0.1, 0.15) is 6.04 Å². The molecule has 0 aliphatic heterocycles. The number of tetrazole rings is 1. The third-order valence-corrected chi connectivity index (χ3v) is 15.3. The van der Waals surface area contributed by atoms with E-state index in [1.807, 2.05) is 13.8 Å². The number of aromatic nitrogens is 4. The number of aliphatic hydroxyl groups excluding tert-OH is 1. The van der Waals surface area contributed by atoms with Crippen LogP contribution in [0.15, 0.2) is 36.6 Å². The summed E-state index contributed by atoms with van der Waals surface area (Å²) in [7, 11) is 0. The fourth-order valence-corrected chi connectivity index (χ4v) is 12.4. The zero-order chi connectivity index (χ0) is 35.1. The summed E-state index contributed by atoms with van der Waals surface area (Å²) in [4.78, 5) is 1.73. The smallest absolute Gasteiger partial charge is 0.260 e. The van der Waals surface area contributed by atoms with Crippen molar-refractivity contribution in [1.82, 2.24) is 20.2 Å². The van der Waals surface area contributed by atoms with Gasteiger partial charge >= 0.3 is 0 Å². The minimum Gasteiger partial charge on any atom is -0.513 e. The summed E-state index contributed by atoms with van der Waals surface area (Å²) < 4.78 is 6.88. The zero-order valence-corrected chi connectivity index (χ0v) is 31.4. The molecule has 1 aromatic heterocycles. The Hall–Kier alpha value is -2.19. The van der Waals surface area contributed by atoms with Crippen LogP contribution in [0, 0.1) is 62.6 Å². The fourth-order valence-electron chi connectivity index (χ4n) is 12.4. The maximum absolute atomic E-state index is 11.5. The highest BCUT2D eigenvalue weighted by Gasteiger charge is 2.71. The SMILES string of the molecule is C=CC1(C)[C@@H](OCC(C)(C)N)[C@H](n2nnc(N)n2)[C@@H](C)[C@]2(CC)C3=CC[C@@]4(C)[C@H](C(=C)O)[C@@](C)([C@H](C)C(C)C)CC[C@]4(C)[C@H]3CC[C@@H]12. The maximum atomic E-state index is 11.5. The summed E-state index contributed by atoms with van der Waals surface area (Å²) in [5.41, 5.74) is 13.0. The number of aliphatic hydroxyl groups is 1. The molecule has 264 valence electrons. The van der Waals surface area contributed by atoms with Gasteiger partial charge in [0.25, 0.3) is 5.95 Å². The van der Waals surface area contributed by atoms with Gasteiger partial charge in [0.2, 0.25) is 0 Å². The molecule has 0 amide bonds. The fraction of sp³-hybridized carbons (Fsp3) is 0.821. The van der Waals surface area contributed by atoms with Gasteiger partial charge in [-0.2, -0.15) is 4.80 Å². The van der Waals surface area contributed by atoms with Gasteiger partial charge in [0, 0.05) is 16.9 Å². The number of nitrogens with two attached hydrogens (primary N) is 2. The summed E-state index contributed by atoms with van der Waals surface area (Å²) in [6.07, 6.45) is 10.8. The van der Waals surface area contributed by atoms with Crippen molar-refractivity contribution in [2.75, 3.05) is 12.3 Å². The largest absolute Gasteiger partial charge is 0.513 e. The van der Waals surface area contributed by atoms with Crippen molar-refractivity contribution in [1.29, 1.82) is 0 Å². The van der Waals surface area contributed by atoms with Crippen LogP contribution in [-0.4, -0.2) is 43.6 Å². The summed E-state index contributed by atoms with van der Waals surface area (Å²) in [6, 6.07) is -0.214. The van der Waals surface area contributed by atoms with Crippen molar-refractivity contribution >= 4 is 5.95 Å². The molecule has 8 nitrogen and oxygen atoms in total. The summed E-state index contributed by atoms with van der Waals surface area (Å²) in [5.74, 6) is 2.38. The van der Waals surface area contributed by atoms with E-state index in [0.717, 1.165) is 38.5 Å². The maximum Gasteiger partial charge on any atom is 0.260 e. The molecule has 0 spiro atoms. The molecule has 12 atom stereocenters. The van der Waals surface area contributed by atoms with Gasteiger partial charge in [-0.15, -0.1) is 11.7 Å². The minimum atomic E-state index is -0.498. The average Bonchev–Trinajstić information content (AvgIpc) is 3.42. The second-order valence-electron chi connectivity index (χ2n) is 18.3. The Labute approximate surface area is 285 Å². The molecule has 0 aromatic carbocycles. The lowest BCUT2D eigenvalue weighted by molar-refractivity contribution is -0.205. The van der Waals surface area contributed by atoms with Crippen molar-refractivity contribution in [2.24, 2.45) is 68.3 Å². The molecule has 8 heteroatoms. The van der Waals surface area contributed by atoms with Crippen molar-refractivity contribution in [3.05, 3.63) is 36.6 Å². The lowest BCUT2D eigenvalue weighted by Crippen LogP contribution is -2.67. The van der Waals surface area contributed by atoms with Crippen LogP contribution in [0.25, 0.3) is 0 Å². The second kappa shape index (κ2) is 11.7. The van der Waals surface area contributed by atoms with Crippen LogP contribution in [0.5, 0.6) is 0 Å². The van der Waals surface area contributed by atoms with Gasteiger partial charge in [-0.3, -0.25) is 0 Å². The standard InChI is InChI=1S/C39H66N6O2/c1-14-35(10)29-17-16-27-28(18-19-38(13)31(26(7)46)36(11,24(5)23(3)4)20-21-37(27,38)12)39(29,15-2)25(6)30(45-43-33(40)42-44-45)32(35)47-22-34(8,9)41/h14,18,23-25,27,29-32,46H,1,7,15-17,19-22,41H2,2-6,8-13H3,(H2,40,43)/t24-,25-,27+,29+,30-,31-,32+,35?,36-,37-,38+,39-/m1/s1. The Kier molecular flexibility index (Phi) is 8.99. The first-order valence-corrected chi connectivity index (χ1v) is 18.4. The molecule has 3 saturated carbocycles. The van der Waals surface area contributed by atoms with E-state index in [2.05, 4.69) is 103 Å². The number of allylic oxidation sites excluding steroid dienone is 3. The molecular weight excluding hydrogens is 584 g/mol. The van der Waals surface area contributed by atoms with Gasteiger partial charge in [-0.05, 0) is 109 Å². The number of hydrogen-bond acceptors (Lipinski definition) is 7. The van der Waals surface area contributed by atoms with Gasteiger partial charge in [-0.25, -0.2) is 0 Å². The van der Waals surface area contributed by atoms with Gasteiger partial charge < -0.3 is 21.3 Å². The van der Waals surface area contributed by atoms with Crippen molar-refractivity contribution in [3.63, 3.8) is 0 Å². The first-order valence-electron chi connectivity index (χ1n) is 18.4. The number of ether oxygens (including phenoxy) is 1. The van der Waals surface area contributed by atoms with E-state index in [1.165, 1.54) is 0 Å². The monoisotopic (exact) mass is 651 g/mol. The predicted octanol–water partition coefficient (Wildman–Crippen LogP) is 8.31. The van der Waals surface area contributed by atoms with E-state index in [0.29, 0.717) is 36.0 Å². The molecule has 4 aliphatic carbocycles. The van der Waals surface area contributed by atoms with E-state index >= 15 is 0 Å². The topological polar surface area (TPSA) is 125 Å². The molecule has 5 N–H and O–H groups in total. The van der Waals surface area contributed by atoms with Crippen molar-refractivity contribution in [2.45, 2.75) is 132 Å². The minimum absolute atomic E-state index is 0.00339. The normalized spacial score (nSPS) is 44.1. The Morgan fingerprint density at radius 2 is 1.83 bits per heavy atom. The second-order valence-corrected chi connectivity index (χ2v) is 18.3. The zero-order valence-electron chi connectivity index (χ0n) is 31.4. The average molecular weight is 651 g/mol. The van der Waals surface area contributed by atoms with Gasteiger partial charge in [-0.1, -0.05) is 91.7 Å². The Morgan fingerprint density at radius 1 is 1.17 bits per heavy atom. The summed E-state index contributed by atoms with van der Waals surface area (Å²) in [6.45, 7) is 34.8. The highest BCUT2D eigenvalue weighted by atomic mass is 16.5. The Morgan fingerprint density at radius 3 is 2.34 bits per heavy atom. The van der Waals surface area contributed by atoms with Crippen molar-refractivity contribution in [3.8, 4) is 0 Å². The molecule has 1 heterocycles. The highest BCUT2D eigenvalue weighted by molar-refractivity contribution is 5.37. The quantitative estimate of drug-likeness (QED) is 0.181.